The van der Waals surface area contributed by atoms with Crippen LogP contribution in [-0.4, -0.2) is 35.2 Å². The van der Waals surface area contributed by atoms with Crippen molar-refractivity contribution in [1.29, 1.82) is 5.26 Å². The van der Waals surface area contributed by atoms with Crippen molar-refractivity contribution in [2.75, 3.05) is 12.9 Å². The topological polar surface area (TPSA) is 73.1 Å². The highest BCUT2D eigenvalue weighted by Crippen LogP contribution is 2.30. The van der Waals surface area contributed by atoms with Gasteiger partial charge in [-0.1, -0.05) is 26.7 Å². The number of rotatable bonds is 9. The van der Waals surface area contributed by atoms with E-state index in [1.807, 2.05) is 27.0 Å². The molecule has 4 nitrogen and oxygen atoms in total. The standard InChI is InChI=1S/C14H26N2O2S/c1-5-7-14(10-15,8-6-2)13(18)16-11(3)12(9-17)19-4/h11-12,17H,5-9H2,1-4H3,(H,16,18). The van der Waals surface area contributed by atoms with Crippen molar-refractivity contribution in [2.24, 2.45) is 5.41 Å². The van der Waals surface area contributed by atoms with Gasteiger partial charge in [-0.05, 0) is 26.0 Å². The van der Waals surface area contributed by atoms with Crippen LogP contribution in [0.2, 0.25) is 0 Å². The number of nitrogens with zero attached hydrogens (tertiary/aromatic N) is 1. The van der Waals surface area contributed by atoms with Crippen LogP contribution >= 0.6 is 11.8 Å². The lowest BCUT2D eigenvalue weighted by molar-refractivity contribution is -0.129. The van der Waals surface area contributed by atoms with Gasteiger partial charge >= 0.3 is 0 Å². The summed E-state index contributed by atoms with van der Waals surface area (Å²) in [5.74, 6) is -0.196. The molecule has 2 N–H and O–H groups in total. The van der Waals surface area contributed by atoms with Gasteiger partial charge in [0.25, 0.3) is 0 Å². The lowest BCUT2D eigenvalue weighted by atomic mass is 9.79. The Bertz CT molecular complexity index is 305. The fraction of sp³-hybridized carbons (Fsp3) is 0.857. The molecule has 0 aromatic carbocycles. The van der Waals surface area contributed by atoms with Gasteiger partial charge in [-0.3, -0.25) is 4.79 Å². The zero-order valence-corrected chi connectivity index (χ0v) is 13.2. The molecule has 0 radical (unpaired) electrons. The summed E-state index contributed by atoms with van der Waals surface area (Å²) in [5, 5.41) is 21.5. The maximum absolute atomic E-state index is 12.4. The number of carbonyl (C=O) groups excluding carboxylic acids is 1. The Kier molecular flexibility index (Phi) is 8.86. The summed E-state index contributed by atoms with van der Waals surface area (Å²) in [6, 6.07) is 2.07. The van der Waals surface area contributed by atoms with Gasteiger partial charge < -0.3 is 10.4 Å². The van der Waals surface area contributed by atoms with Gasteiger partial charge in [0.05, 0.1) is 12.7 Å². The number of hydrogen-bond acceptors (Lipinski definition) is 4. The molecule has 0 aliphatic rings. The maximum atomic E-state index is 12.4. The van der Waals surface area contributed by atoms with Crippen LogP contribution in [0.25, 0.3) is 0 Å². The second-order valence-electron chi connectivity index (χ2n) is 4.91. The fourth-order valence-corrected chi connectivity index (χ4v) is 2.87. The lowest BCUT2D eigenvalue weighted by Crippen LogP contribution is -2.48. The SMILES string of the molecule is CCCC(C#N)(CCC)C(=O)NC(C)C(CO)SC. The summed E-state index contributed by atoms with van der Waals surface area (Å²) in [6.07, 6.45) is 4.68. The molecule has 0 spiro atoms. The van der Waals surface area contributed by atoms with E-state index in [4.69, 9.17) is 0 Å². The minimum atomic E-state index is -0.920. The number of aliphatic hydroxyl groups excluding tert-OH is 1. The number of amides is 1. The van der Waals surface area contributed by atoms with Crippen molar-refractivity contribution in [3.05, 3.63) is 0 Å². The number of carbonyl (C=O) groups is 1. The molecule has 0 aromatic heterocycles. The highest BCUT2D eigenvalue weighted by molar-refractivity contribution is 7.99. The molecule has 5 heteroatoms. The molecular weight excluding hydrogens is 260 g/mol. The summed E-state index contributed by atoms with van der Waals surface area (Å²) >= 11 is 1.52. The van der Waals surface area contributed by atoms with E-state index in [2.05, 4.69) is 11.4 Å². The monoisotopic (exact) mass is 286 g/mol. The Morgan fingerprint density at radius 2 is 1.95 bits per heavy atom. The molecular formula is C14H26N2O2S. The average Bonchev–Trinajstić information content (AvgIpc) is 2.39. The first-order valence-electron chi connectivity index (χ1n) is 6.87. The zero-order chi connectivity index (χ0) is 14.9. The van der Waals surface area contributed by atoms with E-state index in [1.165, 1.54) is 11.8 Å². The number of thioether (sulfide) groups is 1. The van der Waals surface area contributed by atoms with Crippen LogP contribution in [0.15, 0.2) is 0 Å². The molecule has 0 bridgehead atoms. The fourth-order valence-electron chi connectivity index (χ4n) is 2.24. The number of nitriles is 1. The van der Waals surface area contributed by atoms with E-state index in [0.29, 0.717) is 12.8 Å². The minimum absolute atomic E-state index is 0.0176. The van der Waals surface area contributed by atoms with Gasteiger partial charge in [0.2, 0.25) is 5.91 Å². The van der Waals surface area contributed by atoms with Crippen LogP contribution in [-0.2, 0) is 4.79 Å². The van der Waals surface area contributed by atoms with Gasteiger partial charge in [0, 0.05) is 11.3 Å². The summed E-state index contributed by atoms with van der Waals surface area (Å²) in [7, 11) is 0. The number of hydrogen-bond donors (Lipinski definition) is 2. The van der Waals surface area contributed by atoms with E-state index in [0.717, 1.165) is 12.8 Å². The van der Waals surface area contributed by atoms with Gasteiger partial charge in [0.1, 0.15) is 5.41 Å². The zero-order valence-electron chi connectivity index (χ0n) is 12.4. The van der Waals surface area contributed by atoms with E-state index in [9.17, 15) is 15.2 Å². The first-order valence-corrected chi connectivity index (χ1v) is 8.15. The predicted molar refractivity (Wildman–Crippen MR) is 79.9 cm³/mol. The van der Waals surface area contributed by atoms with Crippen LogP contribution in [0.4, 0.5) is 0 Å². The first-order chi connectivity index (χ1) is 9.01. The van der Waals surface area contributed by atoms with Crippen molar-refractivity contribution in [3.63, 3.8) is 0 Å². The van der Waals surface area contributed by atoms with Gasteiger partial charge in [-0.2, -0.15) is 17.0 Å². The Balaban J connectivity index is 4.87. The Labute approximate surface area is 121 Å². The minimum Gasteiger partial charge on any atom is -0.395 e. The van der Waals surface area contributed by atoms with Crippen molar-refractivity contribution < 1.29 is 9.90 Å². The normalized spacial score (nSPS) is 14.5. The number of aliphatic hydroxyl groups is 1. The third kappa shape index (κ3) is 5.04. The largest absolute Gasteiger partial charge is 0.395 e. The van der Waals surface area contributed by atoms with Crippen LogP contribution in [0.5, 0.6) is 0 Å². The molecule has 2 atom stereocenters. The van der Waals surface area contributed by atoms with Gasteiger partial charge in [0.15, 0.2) is 0 Å². The van der Waals surface area contributed by atoms with Crippen molar-refractivity contribution in [1.82, 2.24) is 5.32 Å². The summed E-state index contributed by atoms with van der Waals surface area (Å²) < 4.78 is 0. The Hall–Kier alpha value is -0.730. The molecule has 1 amide bonds. The van der Waals surface area contributed by atoms with Gasteiger partial charge in [-0.15, -0.1) is 0 Å². The van der Waals surface area contributed by atoms with E-state index in [-0.39, 0.29) is 23.8 Å². The lowest BCUT2D eigenvalue weighted by Gasteiger charge is -2.29. The predicted octanol–water partition coefficient (Wildman–Crippen LogP) is 2.33. The molecule has 0 heterocycles. The first kappa shape index (κ1) is 18.3. The van der Waals surface area contributed by atoms with Crippen LogP contribution in [0.1, 0.15) is 46.5 Å². The molecule has 0 aliphatic heterocycles. The highest BCUT2D eigenvalue weighted by Gasteiger charge is 2.38. The van der Waals surface area contributed by atoms with Gasteiger partial charge in [-0.25, -0.2) is 0 Å². The molecule has 0 aliphatic carbocycles. The van der Waals surface area contributed by atoms with E-state index < -0.39 is 5.41 Å². The molecule has 0 fully saturated rings. The highest BCUT2D eigenvalue weighted by atomic mass is 32.2. The van der Waals surface area contributed by atoms with Crippen molar-refractivity contribution >= 4 is 17.7 Å². The summed E-state index contributed by atoms with van der Waals surface area (Å²) in [4.78, 5) is 12.4. The quantitative estimate of drug-likeness (QED) is 0.682. The molecule has 0 saturated carbocycles. The smallest absolute Gasteiger partial charge is 0.240 e. The second-order valence-corrected chi connectivity index (χ2v) is 5.99. The Morgan fingerprint density at radius 3 is 2.26 bits per heavy atom. The molecule has 19 heavy (non-hydrogen) atoms. The van der Waals surface area contributed by atoms with Crippen LogP contribution in [0, 0.1) is 16.7 Å². The van der Waals surface area contributed by atoms with Crippen LogP contribution < -0.4 is 5.32 Å². The molecule has 110 valence electrons. The average molecular weight is 286 g/mol. The summed E-state index contributed by atoms with van der Waals surface area (Å²) in [5.41, 5.74) is -0.920. The van der Waals surface area contributed by atoms with Crippen molar-refractivity contribution in [2.45, 2.75) is 57.7 Å². The molecule has 0 rings (SSSR count). The van der Waals surface area contributed by atoms with E-state index >= 15 is 0 Å². The molecule has 0 saturated heterocycles. The second kappa shape index (κ2) is 9.22. The third-order valence-corrected chi connectivity index (χ3v) is 4.56. The molecule has 0 aromatic rings. The van der Waals surface area contributed by atoms with Crippen molar-refractivity contribution in [3.8, 4) is 6.07 Å². The third-order valence-electron chi connectivity index (χ3n) is 3.40. The Morgan fingerprint density at radius 1 is 1.42 bits per heavy atom. The van der Waals surface area contributed by atoms with Crippen LogP contribution in [0.3, 0.4) is 0 Å². The summed E-state index contributed by atoms with van der Waals surface area (Å²) in [6.45, 7) is 5.85. The molecule has 2 unspecified atom stereocenters. The maximum Gasteiger partial charge on any atom is 0.240 e. The number of nitrogens with one attached hydrogen (secondary N) is 1. The van der Waals surface area contributed by atoms with E-state index in [1.54, 1.807) is 0 Å².